The molecule has 0 bridgehead atoms. The van der Waals surface area contributed by atoms with Gasteiger partial charge in [0.2, 0.25) is 0 Å². The van der Waals surface area contributed by atoms with Crippen LogP contribution in [0.3, 0.4) is 0 Å². The average Bonchev–Trinajstić information content (AvgIpc) is 2.51. The van der Waals surface area contributed by atoms with Crippen LogP contribution in [0.4, 0.5) is 0 Å². The molecule has 1 aliphatic carbocycles. The molecule has 0 heterocycles. The maximum atomic E-state index is 11.6. The lowest BCUT2D eigenvalue weighted by Gasteiger charge is -2.29. The summed E-state index contributed by atoms with van der Waals surface area (Å²) in [4.78, 5) is 11.6. The second kappa shape index (κ2) is 5.81. The van der Waals surface area contributed by atoms with Crippen molar-refractivity contribution in [3.63, 3.8) is 0 Å². The van der Waals surface area contributed by atoms with Crippen LogP contribution in [-0.4, -0.2) is 17.5 Å². The second-order valence-electron chi connectivity index (χ2n) is 5.97. The highest BCUT2D eigenvalue weighted by molar-refractivity contribution is 5.80. The zero-order valence-corrected chi connectivity index (χ0v) is 11.6. The third-order valence-corrected chi connectivity index (χ3v) is 4.53. The SMILES string of the molecule is CC(CCC1=CCC(C)C1(C)C)C(=O)CCO. The summed E-state index contributed by atoms with van der Waals surface area (Å²) in [5, 5.41) is 8.75. The lowest BCUT2D eigenvalue weighted by atomic mass is 9.76. The first-order valence-electron chi connectivity index (χ1n) is 6.72. The van der Waals surface area contributed by atoms with Crippen molar-refractivity contribution >= 4 is 5.78 Å². The molecular weight excluding hydrogens is 212 g/mol. The molecule has 0 spiro atoms. The first-order valence-corrected chi connectivity index (χ1v) is 6.72. The van der Waals surface area contributed by atoms with Crippen molar-refractivity contribution in [3.05, 3.63) is 11.6 Å². The minimum Gasteiger partial charge on any atom is -0.396 e. The quantitative estimate of drug-likeness (QED) is 0.721. The highest BCUT2D eigenvalue weighted by Crippen LogP contribution is 2.45. The van der Waals surface area contributed by atoms with Crippen LogP contribution in [0.2, 0.25) is 0 Å². The molecule has 0 fully saturated rings. The van der Waals surface area contributed by atoms with Gasteiger partial charge < -0.3 is 5.11 Å². The van der Waals surface area contributed by atoms with Gasteiger partial charge in [0.15, 0.2) is 0 Å². The Balaban J connectivity index is 2.44. The summed E-state index contributed by atoms with van der Waals surface area (Å²) in [5.74, 6) is 0.979. The Bertz CT molecular complexity index is 302. The number of aliphatic hydroxyl groups excluding tert-OH is 1. The molecule has 1 aliphatic rings. The van der Waals surface area contributed by atoms with Crippen molar-refractivity contribution in [2.75, 3.05) is 6.61 Å². The molecule has 2 heteroatoms. The molecule has 2 atom stereocenters. The zero-order valence-electron chi connectivity index (χ0n) is 11.6. The van der Waals surface area contributed by atoms with Gasteiger partial charge in [-0.05, 0) is 30.6 Å². The zero-order chi connectivity index (χ0) is 13.1. The average molecular weight is 238 g/mol. The van der Waals surface area contributed by atoms with E-state index in [1.54, 1.807) is 0 Å². The summed E-state index contributed by atoms with van der Waals surface area (Å²) in [6.07, 6.45) is 5.77. The number of Topliss-reactive ketones (excluding diaryl/α,β-unsaturated/α-hetero) is 1. The normalized spacial score (nSPS) is 24.5. The number of rotatable bonds is 6. The Labute approximate surface area is 105 Å². The van der Waals surface area contributed by atoms with E-state index < -0.39 is 0 Å². The van der Waals surface area contributed by atoms with Crippen LogP contribution >= 0.6 is 0 Å². The van der Waals surface area contributed by atoms with Crippen molar-refractivity contribution < 1.29 is 9.90 Å². The van der Waals surface area contributed by atoms with E-state index in [4.69, 9.17) is 5.11 Å². The minimum atomic E-state index is -0.0194. The molecule has 0 aromatic rings. The monoisotopic (exact) mass is 238 g/mol. The van der Waals surface area contributed by atoms with E-state index in [0.717, 1.165) is 12.8 Å². The van der Waals surface area contributed by atoms with Gasteiger partial charge in [-0.2, -0.15) is 0 Å². The van der Waals surface area contributed by atoms with E-state index >= 15 is 0 Å². The van der Waals surface area contributed by atoms with Gasteiger partial charge in [-0.25, -0.2) is 0 Å². The molecule has 0 saturated heterocycles. The number of allylic oxidation sites excluding steroid dienone is 2. The Hall–Kier alpha value is -0.630. The van der Waals surface area contributed by atoms with Gasteiger partial charge in [0.05, 0.1) is 0 Å². The third-order valence-electron chi connectivity index (χ3n) is 4.53. The summed E-state index contributed by atoms with van der Waals surface area (Å²) in [6.45, 7) is 8.86. The van der Waals surface area contributed by atoms with Crippen molar-refractivity contribution in [1.29, 1.82) is 0 Å². The summed E-state index contributed by atoms with van der Waals surface area (Å²) < 4.78 is 0. The molecule has 0 aromatic carbocycles. The molecule has 0 aromatic heterocycles. The van der Waals surface area contributed by atoms with E-state index in [1.165, 1.54) is 12.0 Å². The number of ketones is 1. The molecule has 98 valence electrons. The van der Waals surface area contributed by atoms with Crippen LogP contribution in [0.5, 0.6) is 0 Å². The van der Waals surface area contributed by atoms with Crippen LogP contribution in [0, 0.1) is 17.3 Å². The summed E-state index contributed by atoms with van der Waals surface area (Å²) in [7, 11) is 0. The molecule has 1 N–H and O–H groups in total. The highest BCUT2D eigenvalue weighted by Gasteiger charge is 2.33. The number of carbonyl (C=O) groups excluding carboxylic acids is 1. The van der Waals surface area contributed by atoms with E-state index in [1.807, 2.05) is 6.92 Å². The number of carbonyl (C=O) groups is 1. The van der Waals surface area contributed by atoms with Crippen LogP contribution < -0.4 is 0 Å². The summed E-state index contributed by atoms with van der Waals surface area (Å²) in [6, 6.07) is 0. The minimum absolute atomic E-state index is 0.0194. The van der Waals surface area contributed by atoms with Gasteiger partial charge in [-0.1, -0.05) is 39.3 Å². The molecule has 0 radical (unpaired) electrons. The van der Waals surface area contributed by atoms with Crippen LogP contribution in [0.1, 0.15) is 53.4 Å². The van der Waals surface area contributed by atoms with E-state index in [-0.39, 0.29) is 18.3 Å². The second-order valence-corrected chi connectivity index (χ2v) is 5.97. The summed E-state index contributed by atoms with van der Waals surface area (Å²) in [5.41, 5.74) is 1.80. The predicted octanol–water partition coefficient (Wildman–Crippen LogP) is 3.35. The standard InChI is InChI=1S/C15H26O2/c1-11(14(17)9-10-16)5-7-13-8-6-12(2)15(13,3)4/h8,11-12,16H,5-7,9-10H2,1-4H3. The van der Waals surface area contributed by atoms with Gasteiger partial charge in [-0.15, -0.1) is 0 Å². The fourth-order valence-electron chi connectivity index (χ4n) is 2.51. The molecule has 2 unspecified atom stereocenters. The largest absolute Gasteiger partial charge is 0.396 e. The first-order chi connectivity index (χ1) is 7.89. The van der Waals surface area contributed by atoms with Gasteiger partial charge in [0, 0.05) is 18.9 Å². The van der Waals surface area contributed by atoms with E-state index in [9.17, 15) is 4.79 Å². The Morgan fingerprint density at radius 3 is 2.71 bits per heavy atom. The fraction of sp³-hybridized carbons (Fsp3) is 0.800. The maximum absolute atomic E-state index is 11.6. The van der Waals surface area contributed by atoms with Crippen LogP contribution in [0.15, 0.2) is 11.6 Å². The predicted molar refractivity (Wildman–Crippen MR) is 70.8 cm³/mol. The number of hydrogen-bond acceptors (Lipinski definition) is 2. The molecule has 0 amide bonds. The topological polar surface area (TPSA) is 37.3 Å². The van der Waals surface area contributed by atoms with Crippen molar-refractivity contribution in [3.8, 4) is 0 Å². The molecular formula is C15H26O2. The molecule has 1 rings (SSSR count). The lowest BCUT2D eigenvalue weighted by Crippen LogP contribution is -2.20. The molecule has 0 aliphatic heterocycles. The van der Waals surface area contributed by atoms with Crippen LogP contribution in [-0.2, 0) is 4.79 Å². The van der Waals surface area contributed by atoms with E-state index in [2.05, 4.69) is 26.8 Å². The first kappa shape index (κ1) is 14.4. The Morgan fingerprint density at radius 2 is 2.24 bits per heavy atom. The molecule has 0 saturated carbocycles. The van der Waals surface area contributed by atoms with Crippen molar-refractivity contribution in [1.82, 2.24) is 0 Å². The van der Waals surface area contributed by atoms with Crippen molar-refractivity contribution in [2.45, 2.75) is 53.4 Å². The molecule has 17 heavy (non-hydrogen) atoms. The van der Waals surface area contributed by atoms with E-state index in [0.29, 0.717) is 17.8 Å². The highest BCUT2D eigenvalue weighted by atomic mass is 16.3. The molecule has 2 nitrogen and oxygen atoms in total. The third kappa shape index (κ3) is 3.41. The number of aliphatic hydroxyl groups is 1. The van der Waals surface area contributed by atoms with Gasteiger partial charge >= 0.3 is 0 Å². The maximum Gasteiger partial charge on any atom is 0.137 e. The van der Waals surface area contributed by atoms with Gasteiger partial charge in [0.25, 0.3) is 0 Å². The Morgan fingerprint density at radius 1 is 1.59 bits per heavy atom. The lowest BCUT2D eigenvalue weighted by molar-refractivity contribution is -0.123. The number of hydrogen-bond donors (Lipinski definition) is 1. The summed E-state index contributed by atoms with van der Waals surface area (Å²) >= 11 is 0. The smallest absolute Gasteiger partial charge is 0.137 e. The van der Waals surface area contributed by atoms with Crippen LogP contribution in [0.25, 0.3) is 0 Å². The fourth-order valence-corrected chi connectivity index (χ4v) is 2.51. The Kier molecular flexibility index (Phi) is 4.93. The van der Waals surface area contributed by atoms with Gasteiger partial charge in [0.1, 0.15) is 5.78 Å². The van der Waals surface area contributed by atoms with Gasteiger partial charge in [-0.3, -0.25) is 4.79 Å². The van der Waals surface area contributed by atoms with Crippen molar-refractivity contribution in [2.24, 2.45) is 17.3 Å².